The van der Waals surface area contributed by atoms with E-state index in [-0.39, 0.29) is 0 Å². The molecule has 0 N–H and O–H groups in total. The van der Waals surface area contributed by atoms with Gasteiger partial charge in [-0.2, -0.15) is 0 Å². The first-order chi connectivity index (χ1) is 13.1. The van der Waals surface area contributed by atoms with Crippen LogP contribution in [-0.4, -0.2) is 10.9 Å². The zero-order valence-electron chi connectivity index (χ0n) is 14.9. The van der Waals surface area contributed by atoms with Crippen molar-refractivity contribution < 1.29 is 9.59 Å². The summed E-state index contributed by atoms with van der Waals surface area (Å²) in [4.78, 5) is 24.9. The van der Waals surface area contributed by atoms with Crippen LogP contribution < -0.4 is 0 Å². The first kappa shape index (κ1) is 17.5. The van der Waals surface area contributed by atoms with Crippen molar-refractivity contribution in [1.29, 1.82) is 0 Å². The minimum Gasteiger partial charge on any atom is -0.284 e. The number of thioether (sulfide) groups is 1. The van der Waals surface area contributed by atoms with Crippen LogP contribution >= 0.6 is 11.8 Å². The number of rotatable bonds is 4. The SMILES string of the molecule is Cc1ccc(C(=O)C(=O)SCc2c3ccccc3cc3ccccc23)cc1. The summed E-state index contributed by atoms with van der Waals surface area (Å²) in [6.07, 6.45) is 0. The van der Waals surface area contributed by atoms with Gasteiger partial charge in [0.1, 0.15) is 0 Å². The number of Topliss-reactive ketones (excluding diaryl/α,β-unsaturated/α-hetero) is 1. The maximum Gasteiger partial charge on any atom is 0.260 e. The molecule has 0 aromatic heterocycles. The molecule has 0 aliphatic rings. The van der Waals surface area contributed by atoms with Crippen LogP contribution in [0.2, 0.25) is 0 Å². The lowest BCUT2D eigenvalue weighted by Gasteiger charge is -2.11. The number of aryl methyl sites for hydroxylation is 1. The summed E-state index contributed by atoms with van der Waals surface area (Å²) >= 11 is 1.08. The van der Waals surface area contributed by atoms with Crippen LogP contribution in [0.4, 0.5) is 0 Å². The molecule has 0 fully saturated rings. The highest BCUT2D eigenvalue weighted by Crippen LogP contribution is 2.31. The van der Waals surface area contributed by atoms with Crippen molar-refractivity contribution in [2.45, 2.75) is 12.7 Å². The Bertz CT molecular complexity index is 1110. The highest BCUT2D eigenvalue weighted by atomic mass is 32.2. The molecule has 27 heavy (non-hydrogen) atoms. The van der Waals surface area contributed by atoms with Gasteiger partial charge in [-0.05, 0) is 40.1 Å². The summed E-state index contributed by atoms with van der Waals surface area (Å²) < 4.78 is 0. The summed E-state index contributed by atoms with van der Waals surface area (Å²) in [5.41, 5.74) is 2.61. The zero-order chi connectivity index (χ0) is 18.8. The highest BCUT2D eigenvalue weighted by molar-refractivity contribution is 8.14. The average Bonchev–Trinajstić information content (AvgIpc) is 2.71. The quantitative estimate of drug-likeness (QED) is 0.253. The Morgan fingerprint density at radius 1 is 0.778 bits per heavy atom. The Morgan fingerprint density at radius 3 is 1.93 bits per heavy atom. The molecule has 0 aliphatic carbocycles. The summed E-state index contributed by atoms with van der Waals surface area (Å²) in [6, 6.07) is 25.6. The van der Waals surface area contributed by atoms with Gasteiger partial charge in [0.2, 0.25) is 5.78 Å². The third-order valence-electron chi connectivity index (χ3n) is 4.73. The molecule has 2 nitrogen and oxygen atoms in total. The van der Waals surface area contributed by atoms with Gasteiger partial charge in [-0.15, -0.1) is 0 Å². The maximum absolute atomic E-state index is 12.5. The van der Waals surface area contributed by atoms with Crippen LogP contribution in [0.1, 0.15) is 21.5 Å². The molecule has 0 saturated heterocycles. The van der Waals surface area contributed by atoms with Gasteiger partial charge in [-0.1, -0.05) is 90.1 Å². The van der Waals surface area contributed by atoms with E-state index in [0.717, 1.165) is 44.4 Å². The Balaban J connectivity index is 1.65. The van der Waals surface area contributed by atoms with Crippen LogP contribution in [0.25, 0.3) is 21.5 Å². The van der Waals surface area contributed by atoms with E-state index >= 15 is 0 Å². The molecule has 4 rings (SSSR count). The van der Waals surface area contributed by atoms with Gasteiger partial charge in [-0.25, -0.2) is 0 Å². The molecule has 132 valence electrons. The predicted octanol–water partition coefficient (Wildman–Crippen LogP) is 5.94. The summed E-state index contributed by atoms with van der Waals surface area (Å²) in [6.45, 7) is 1.95. The summed E-state index contributed by atoms with van der Waals surface area (Å²) in [5.74, 6) is 0.0303. The molecule has 0 saturated carbocycles. The van der Waals surface area contributed by atoms with E-state index < -0.39 is 10.9 Å². The third kappa shape index (κ3) is 3.51. The van der Waals surface area contributed by atoms with Gasteiger partial charge in [0.05, 0.1) is 0 Å². The fourth-order valence-electron chi connectivity index (χ4n) is 3.29. The molecule has 0 bridgehead atoms. The summed E-state index contributed by atoms with van der Waals surface area (Å²) in [5, 5.41) is 4.11. The average molecular weight is 370 g/mol. The van der Waals surface area contributed by atoms with Gasteiger partial charge in [0, 0.05) is 11.3 Å². The van der Waals surface area contributed by atoms with Crippen molar-refractivity contribution in [1.82, 2.24) is 0 Å². The number of carbonyl (C=O) groups excluding carboxylic acids is 2. The number of ketones is 1. The molecule has 0 atom stereocenters. The van der Waals surface area contributed by atoms with Crippen molar-refractivity contribution in [3.8, 4) is 0 Å². The molecule has 0 spiro atoms. The molecule has 0 amide bonds. The van der Waals surface area contributed by atoms with Gasteiger partial charge < -0.3 is 0 Å². The molecular formula is C24H18O2S. The lowest BCUT2D eigenvalue weighted by Crippen LogP contribution is -2.10. The Kier molecular flexibility index (Phi) is 4.78. The first-order valence-electron chi connectivity index (χ1n) is 8.81. The lowest BCUT2D eigenvalue weighted by atomic mass is 9.98. The molecule has 4 aromatic carbocycles. The van der Waals surface area contributed by atoms with Crippen LogP contribution in [0.5, 0.6) is 0 Å². The zero-order valence-corrected chi connectivity index (χ0v) is 15.8. The highest BCUT2D eigenvalue weighted by Gasteiger charge is 2.18. The van der Waals surface area contributed by atoms with Crippen LogP contribution in [-0.2, 0) is 10.5 Å². The molecule has 0 unspecified atom stereocenters. The van der Waals surface area contributed by atoms with E-state index in [1.807, 2.05) is 43.3 Å². The number of hydrogen-bond donors (Lipinski definition) is 0. The minimum absolute atomic E-state index is 0.420. The normalized spacial score (nSPS) is 11.0. The van der Waals surface area contributed by atoms with Crippen molar-refractivity contribution in [3.05, 3.63) is 95.6 Å². The van der Waals surface area contributed by atoms with Crippen LogP contribution in [0.15, 0.2) is 78.9 Å². The molecule has 0 radical (unpaired) electrons. The van der Waals surface area contributed by atoms with Gasteiger partial charge in [0.25, 0.3) is 5.12 Å². The minimum atomic E-state index is -0.440. The lowest BCUT2D eigenvalue weighted by molar-refractivity contribution is -0.107. The second-order valence-electron chi connectivity index (χ2n) is 6.57. The molecular weight excluding hydrogens is 352 g/mol. The number of benzene rings is 4. The largest absolute Gasteiger partial charge is 0.284 e. The maximum atomic E-state index is 12.5. The number of hydrogen-bond acceptors (Lipinski definition) is 3. The summed E-state index contributed by atoms with van der Waals surface area (Å²) in [7, 11) is 0. The molecule has 0 heterocycles. The second kappa shape index (κ2) is 7.37. The molecule has 0 aliphatic heterocycles. The molecule has 4 aromatic rings. The van der Waals surface area contributed by atoms with Gasteiger partial charge >= 0.3 is 0 Å². The predicted molar refractivity (Wildman–Crippen MR) is 113 cm³/mol. The second-order valence-corrected chi connectivity index (χ2v) is 7.52. The Hall–Kier alpha value is -2.91. The fraction of sp³-hybridized carbons (Fsp3) is 0.0833. The van der Waals surface area contributed by atoms with Crippen molar-refractivity contribution in [3.63, 3.8) is 0 Å². The fourth-order valence-corrected chi connectivity index (χ4v) is 4.12. The Labute approximate surface area is 162 Å². The smallest absolute Gasteiger partial charge is 0.260 e. The third-order valence-corrected chi connectivity index (χ3v) is 5.61. The van der Waals surface area contributed by atoms with E-state index in [2.05, 4.69) is 30.3 Å². The Morgan fingerprint density at radius 2 is 1.33 bits per heavy atom. The van der Waals surface area contributed by atoms with E-state index in [4.69, 9.17) is 0 Å². The van der Waals surface area contributed by atoms with Crippen LogP contribution in [0, 0.1) is 6.92 Å². The van der Waals surface area contributed by atoms with Crippen molar-refractivity contribution in [2.24, 2.45) is 0 Å². The van der Waals surface area contributed by atoms with E-state index in [0.29, 0.717) is 11.3 Å². The van der Waals surface area contributed by atoms with E-state index in [1.54, 1.807) is 12.1 Å². The van der Waals surface area contributed by atoms with Crippen molar-refractivity contribution in [2.75, 3.05) is 0 Å². The van der Waals surface area contributed by atoms with Crippen molar-refractivity contribution >= 4 is 44.2 Å². The number of carbonyl (C=O) groups is 2. The van der Waals surface area contributed by atoms with E-state index in [1.165, 1.54) is 0 Å². The topological polar surface area (TPSA) is 34.1 Å². The number of fused-ring (bicyclic) bond motifs is 2. The monoisotopic (exact) mass is 370 g/mol. The van der Waals surface area contributed by atoms with Crippen LogP contribution in [0.3, 0.4) is 0 Å². The first-order valence-corrected chi connectivity index (χ1v) is 9.79. The van der Waals surface area contributed by atoms with Gasteiger partial charge in [0.15, 0.2) is 0 Å². The van der Waals surface area contributed by atoms with E-state index in [9.17, 15) is 9.59 Å². The standard InChI is InChI=1S/C24H18O2S/c1-16-10-12-17(13-11-16)23(25)24(26)27-15-22-20-8-4-2-6-18(20)14-19-7-3-5-9-21(19)22/h2-14H,15H2,1H3. The van der Waals surface area contributed by atoms with Gasteiger partial charge in [-0.3, -0.25) is 9.59 Å². The molecule has 3 heteroatoms.